The summed E-state index contributed by atoms with van der Waals surface area (Å²) in [4.78, 5) is 4.30. The third-order valence-corrected chi connectivity index (χ3v) is 4.54. The Morgan fingerprint density at radius 1 is 1.35 bits per heavy atom. The maximum atomic E-state index is 5.77. The SMILES string of the molecule is CCc1nn(C)c(CC)c1CNC(=NC)NCCCOC1CCOC1.I. The minimum Gasteiger partial charge on any atom is -0.379 e. The molecule has 0 amide bonds. The van der Waals surface area contributed by atoms with Gasteiger partial charge in [-0.1, -0.05) is 13.8 Å². The average Bonchev–Trinajstić information content (AvgIpc) is 3.24. The van der Waals surface area contributed by atoms with Crippen LogP contribution in [0.15, 0.2) is 4.99 Å². The van der Waals surface area contributed by atoms with Crippen LogP contribution in [0.2, 0.25) is 0 Å². The zero-order chi connectivity index (χ0) is 18.1. The van der Waals surface area contributed by atoms with E-state index in [2.05, 4.69) is 34.6 Å². The highest BCUT2D eigenvalue weighted by Gasteiger charge is 2.15. The summed E-state index contributed by atoms with van der Waals surface area (Å²) in [5.74, 6) is 0.817. The molecule has 0 bridgehead atoms. The Hall–Kier alpha value is -0.870. The Morgan fingerprint density at radius 3 is 2.77 bits per heavy atom. The standard InChI is InChI=1S/C18H33N5O2.HI/c1-5-16-15(17(6-2)23(4)22-16)12-21-18(19-3)20-9-7-10-25-14-8-11-24-13-14;/h14H,5-13H2,1-4H3,(H2,19,20,21);1H. The summed E-state index contributed by atoms with van der Waals surface area (Å²) in [6.07, 6.45) is 4.17. The highest BCUT2D eigenvalue weighted by molar-refractivity contribution is 14.0. The van der Waals surface area contributed by atoms with Gasteiger partial charge < -0.3 is 20.1 Å². The summed E-state index contributed by atoms with van der Waals surface area (Å²) in [5.41, 5.74) is 3.74. The fourth-order valence-electron chi connectivity index (χ4n) is 3.16. The van der Waals surface area contributed by atoms with Crippen molar-refractivity contribution >= 4 is 29.9 Å². The molecule has 1 aromatic heterocycles. The molecule has 2 N–H and O–H groups in total. The first-order valence-corrected chi connectivity index (χ1v) is 9.37. The smallest absolute Gasteiger partial charge is 0.191 e. The number of hydrogen-bond acceptors (Lipinski definition) is 4. The first-order chi connectivity index (χ1) is 12.2. The summed E-state index contributed by atoms with van der Waals surface area (Å²) >= 11 is 0. The van der Waals surface area contributed by atoms with E-state index in [1.54, 1.807) is 7.05 Å². The van der Waals surface area contributed by atoms with Crippen LogP contribution in [0, 0.1) is 0 Å². The molecule has 2 rings (SSSR count). The molecule has 2 heterocycles. The maximum absolute atomic E-state index is 5.77. The van der Waals surface area contributed by atoms with E-state index >= 15 is 0 Å². The molecule has 7 nitrogen and oxygen atoms in total. The molecule has 8 heteroatoms. The largest absolute Gasteiger partial charge is 0.379 e. The second kappa shape index (κ2) is 12.5. The number of nitrogens with one attached hydrogen (secondary N) is 2. The number of ether oxygens (including phenoxy) is 2. The zero-order valence-corrected chi connectivity index (χ0v) is 18.8. The molecule has 1 aliphatic rings. The molecule has 0 aliphatic carbocycles. The van der Waals surface area contributed by atoms with Crippen molar-refractivity contribution in [3.8, 4) is 0 Å². The third kappa shape index (κ3) is 6.70. The molecular weight excluding hydrogens is 445 g/mol. The average molecular weight is 479 g/mol. The van der Waals surface area contributed by atoms with E-state index in [1.165, 1.54) is 11.3 Å². The lowest BCUT2D eigenvalue weighted by atomic mass is 10.1. The summed E-state index contributed by atoms with van der Waals surface area (Å²) in [5, 5.41) is 11.4. The molecule has 26 heavy (non-hydrogen) atoms. The fourth-order valence-corrected chi connectivity index (χ4v) is 3.16. The number of guanidine groups is 1. The van der Waals surface area contributed by atoms with E-state index in [0.717, 1.165) is 70.2 Å². The van der Waals surface area contributed by atoms with Crippen molar-refractivity contribution in [3.63, 3.8) is 0 Å². The molecule has 1 aliphatic heterocycles. The number of aryl methyl sites for hydroxylation is 2. The van der Waals surface area contributed by atoms with Gasteiger partial charge in [0.1, 0.15) is 0 Å². The lowest BCUT2D eigenvalue weighted by Crippen LogP contribution is -2.38. The minimum atomic E-state index is 0. The highest BCUT2D eigenvalue weighted by Crippen LogP contribution is 2.15. The topological polar surface area (TPSA) is 72.7 Å². The van der Waals surface area contributed by atoms with E-state index in [1.807, 2.05) is 11.7 Å². The summed E-state index contributed by atoms with van der Waals surface area (Å²) in [6.45, 7) is 8.21. The molecular formula is C18H34IN5O2. The molecule has 1 aromatic rings. The Morgan fingerprint density at radius 2 is 2.15 bits per heavy atom. The first-order valence-electron chi connectivity index (χ1n) is 9.37. The van der Waals surface area contributed by atoms with E-state index in [9.17, 15) is 0 Å². The van der Waals surface area contributed by atoms with Gasteiger partial charge >= 0.3 is 0 Å². The molecule has 150 valence electrons. The number of halogens is 1. The van der Waals surface area contributed by atoms with Gasteiger partial charge in [-0.15, -0.1) is 24.0 Å². The number of hydrogen-bond donors (Lipinski definition) is 2. The quantitative estimate of drug-likeness (QED) is 0.246. The van der Waals surface area contributed by atoms with E-state index in [-0.39, 0.29) is 30.1 Å². The zero-order valence-electron chi connectivity index (χ0n) is 16.5. The van der Waals surface area contributed by atoms with Crippen LogP contribution in [0.4, 0.5) is 0 Å². The van der Waals surface area contributed by atoms with Crippen molar-refractivity contribution in [2.75, 3.05) is 33.4 Å². The van der Waals surface area contributed by atoms with Crippen molar-refractivity contribution < 1.29 is 9.47 Å². The van der Waals surface area contributed by atoms with Crippen molar-refractivity contribution in [3.05, 3.63) is 17.0 Å². The number of nitrogens with zero attached hydrogens (tertiary/aromatic N) is 3. The Labute approximate surface area is 174 Å². The van der Waals surface area contributed by atoms with Gasteiger partial charge in [0.15, 0.2) is 5.96 Å². The van der Waals surface area contributed by atoms with Gasteiger partial charge in [-0.25, -0.2) is 0 Å². The molecule has 1 atom stereocenters. The number of rotatable bonds is 9. The van der Waals surface area contributed by atoms with Crippen molar-refractivity contribution in [1.29, 1.82) is 0 Å². The monoisotopic (exact) mass is 479 g/mol. The number of aromatic nitrogens is 2. The van der Waals surface area contributed by atoms with Gasteiger partial charge in [0.2, 0.25) is 0 Å². The van der Waals surface area contributed by atoms with E-state index in [0.29, 0.717) is 0 Å². The lowest BCUT2D eigenvalue weighted by Gasteiger charge is -2.14. The van der Waals surface area contributed by atoms with Gasteiger partial charge in [-0.2, -0.15) is 5.10 Å². The van der Waals surface area contributed by atoms with Crippen molar-refractivity contribution in [1.82, 2.24) is 20.4 Å². The lowest BCUT2D eigenvalue weighted by molar-refractivity contribution is 0.0420. The van der Waals surface area contributed by atoms with Crippen LogP contribution in [-0.2, 0) is 35.9 Å². The van der Waals surface area contributed by atoms with Crippen molar-refractivity contribution in [2.45, 2.75) is 52.2 Å². The van der Waals surface area contributed by atoms with Crippen LogP contribution in [0.3, 0.4) is 0 Å². The molecule has 1 saturated heterocycles. The van der Waals surface area contributed by atoms with Crippen LogP contribution in [0.25, 0.3) is 0 Å². The van der Waals surface area contributed by atoms with Crippen LogP contribution < -0.4 is 10.6 Å². The van der Waals surface area contributed by atoms with Crippen LogP contribution in [-0.4, -0.2) is 55.3 Å². The van der Waals surface area contributed by atoms with Gasteiger partial charge in [0.05, 0.1) is 18.4 Å². The molecule has 0 radical (unpaired) electrons. The third-order valence-electron chi connectivity index (χ3n) is 4.54. The molecule has 0 aromatic carbocycles. The van der Waals surface area contributed by atoms with E-state index < -0.39 is 0 Å². The van der Waals surface area contributed by atoms with Crippen LogP contribution >= 0.6 is 24.0 Å². The molecule has 1 fully saturated rings. The summed E-state index contributed by atoms with van der Waals surface area (Å²) in [7, 11) is 3.82. The molecule has 1 unspecified atom stereocenters. The Balaban J connectivity index is 0.00000338. The van der Waals surface area contributed by atoms with Gasteiger partial charge in [-0.05, 0) is 25.7 Å². The molecule has 0 saturated carbocycles. The van der Waals surface area contributed by atoms with Crippen LogP contribution in [0.1, 0.15) is 43.6 Å². The predicted molar refractivity (Wildman–Crippen MR) is 115 cm³/mol. The normalized spacial score (nSPS) is 17.2. The van der Waals surface area contributed by atoms with E-state index in [4.69, 9.17) is 9.47 Å². The second-order valence-electron chi connectivity index (χ2n) is 6.27. The summed E-state index contributed by atoms with van der Waals surface area (Å²) < 4.78 is 13.1. The van der Waals surface area contributed by atoms with Crippen molar-refractivity contribution in [2.24, 2.45) is 12.0 Å². The van der Waals surface area contributed by atoms with Gasteiger partial charge in [0, 0.05) is 51.7 Å². The van der Waals surface area contributed by atoms with Gasteiger partial charge in [-0.3, -0.25) is 9.67 Å². The Bertz CT molecular complexity index is 556. The minimum absolute atomic E-state index is 0. The fraction of sp³-hybridized carbons (Fsp3) is 0.778. The van der Waals surface area contributed by atoms with Crippen LogP contribution in [0.5, 0.6) is 0 Å². The maximum Gasteiger partial charge on any atom is 0.191 e. The summed E-state index contributed by atoms with van der Waals surface area (Å²) in [6, 6.07) is 0. The second-order valence-corrected chi connectivity index (χ2v) is 6.27. The molecule has 0 spiro atoms. The first kappa shape index (κ1) is 23.2. The predicted octanol–water partition coefficient (Wildman–Crippen LogP) is 2.02. The number of aliphatic imine (C=N–C) groups is 1. The Kier molecular flexibility index (Phi) is 11.1. The highest BCUT2D eigenvalue weighted by atomic mass is 127. The van der Waals surface area contributed by atoms with Gasteiger partial charge in [0.25, 0.3) is 0 Å².